The monoisotopic (exact) mass is 365 g/mol. The molecule has 0 radical (unpaired) electrons. The number of amides is 1. The molecule has 2 aromatic rings. The van der Waals surface area contributed by atoms with E-state index in [1.165, 1.54) is 19.3 Å². The van der Waals surface area contributed by atoms with E-state index in [1.54, 1.807) is 0 Å². The fourth-order valence-electron chi connectivity index (χ4n) is 4.61. The maximum atomic E-state index is 12.9. The van der Waals surface area contributed by atoms with E-state index in [9.17, 15) is 4.79 Å². The van der Waals surface area contributed by atoms with Crippen LogP contribution in [-0.2, 0) is 0 Å². The van der Waals surface area contributed by atoms with Crippen molar-refractivity contribution in [2.24, 2.45) is 17.6 Å². The molecule has 1 aromatic carbocycles. The van der Waals surface area contributed by atoms with E-state index in [2.05, 4.69) is 20.8 Å². The van der Waals surface area contributed by atoms with Crippen LogP contribution in [0.15, 0.2) is 36.4 Å². The van der Waals surface area contributed by atoms with Gasteiger partial charge >= 0.3 is 0 Å². The van der Waals surface area contributed by atoms with Crippen LogP contribution in [0, 0.1) is 18.8 Å². The summed E-state index contributed by atoms with van der Waals surface area (Å²) in [4.78, 5) is 12.9. The van der Waals surface area contributed by atoms with Gasteiger partial charge in [0.25, 0.3) is 5.91 Å². The number of fused-ring (bicyclic) bond motifs is 2. The fourth-order valence-corrected chi connectivity index (χ4v) is 4.61. The number of nitrogens with two attached hydrogens (primary N) is 1. The molecule has 2 unspecified atom stereocenters. The Hall–Kier alpha value is -2.47. The lowest BCUT2D eigenvalue weighted by Gasteiger charge is -2.45. The van der Waals surface area contributed by atoms with E-state index in [-0.39, 0.29) is 18.0 Å². The van der Waals surface area contributed by atoms with Crippen LogP contribution in [0.5, 0.6) is 0 Å². The zero-order valence-electron chi connectivity index (χ0n) is 15.7. The van der Waals surface area contributed by atoms with Gasteiger partial charge in [-0.05, 0) is 74.8 Å². The maximum Gasteiger partial charge on any atom is 0.251 e. The van der Waals surface area contributed by atoms with E-state index in [1.807, 2.05) is 43.3 Å². The Morgan fingerprint density at radius 3 is 2.59 bits per heavy atom. The number of hydrogen-bond donors (Lipinski definition) is 3. The van der Waals surface area contributed by atoms with E-state index < -0.39 is 0 Å². The molecule has 4 N–H and O–H groups in total. The maximum absolute atomic E-state index is 12.9. The SMILES string of the molecule is Cc1ccc(Nc2cccc(C(=O)NC3C4CCCC3CC(N)C4)c2)nn1. The molecule has 0 spiro atoms. The van der Waals surface area contributed by atoms with Crippen LogP contribution in [0.25, 0.3) is 0 Å². The van der Waals surface area contributed by atoms with Crippen molar-refractivity contribution in [2.75, 3.05) is 5.32 Å². The van der Waals surface area contributed by atoms with Crippen LogP contribution in [0.4, 0.5) is 11.5 Å². The zero-order chi connectivity index (χ0) is 18.8. The minimum absolute atomic E-state index is 0.00832. The Labute approximate surface area is 160 Å². The van der Waals surface area contributed by atoms with E-state index in [0.29, 0.717) is 23.2 Å². The van der Waals surface area contributed by atoms with Crippen molar-refractivity contribution in [1.29, 1.82) is 0 Å². The highest BCUT2D eigenvalue weighted by Gasteiger charge is 2.39. The molecule has 1 amide bonds. The number of rotatable bonds is 4. The second-order valence-electron chi connectivity index (χ2n) is 7.95. The number of anilines is 2. The van der Waals surface area contributed by atoms with Gasteiger partial charge in [0.05, 0.1) is 5.69 Å². The average molecular weight is 365 g/mol. The number of carbonyl (C=O) groups excluding carboxylic acids is 1. The zero-order valence-corrected chi connectivity index (χ0v) is 15.7. The lowest BCUT2D eigenvalue weighted by Crippen LogP contribution is -2.53. The average Bonchev–Trinajstić information content (AvgIpc) is 2.64. The first-order valence-corrected chi connectivity index (χ1v) is 9.82. The second kappa shape index (κ2) is 7.64. The molecule has 2 fully saturated rings. The summed E-state index contributed by atoms with van der Waals surface area (Å²) in [6.07, 6.45) is 5.64. The smallest absolute Gasteiger partial charge is 0.251 e. The van der Waals surface area contributed by atoms with Gasteiger partial charge in [0, 0.05) is 23.3 Å². The van der Waals surface area contributed by atoms with Gasteiger partial charge in [-0.1, -0.05) is 12.5 Å². The summed E-state index contributed by atoms with van der Waals surface area (Å²) < 4.78 is 0. The van der Waals surface area contributed by atoms with Gasteiger partial charge in [0.1, 0.15) is 0 Å². The molecule has 1 heterocycles. The quantitative estimate of drug-likeness (QED) is 0.774. The normalized spacial score (nSPS) is 27.0. The summed E-state index contributed by atoms with van der Waals surface area (Å²) >= 11 is 0. The molecule has 2 atom stereocenters. The summed E-state index contributed by atoms with van der Waals surface area (Å²) in [5, 5.41) is 14.7. The van der Waals surface area contributed by atoms with Crippen LogP contribution < -0.4 is 16.4 Å². The largest absolute Gasteiger partial charge is 0.349 e. The fraction of sp³-hybridized carbons (Fsp3) is 0.476. The van der Waals surface area contributed by atoms with E-state index in [4.69, 9.17) is 5.73 Å². The standard InChI is InChI=1S/C21H27N5O/c1-13-8-9-19(26-25-13)23-18-7-3-6-16(12-18)21(27)24-20-14-4-2-5-15(20)11-17(22)10-14/h3,6-9,12,14-15,17,20H,2,4-5,10-11,22H2,1H3,(H,23,26)(H,24,27). The van der Waals surface area contributed by atoms with Gasteiger partial charge in [-0.3, -0.25) is 4.79 Å². The molecular formula is C21H27N5O. The minimum atomic E-state index is -0.00832. The molecule has 2 aliphatic rings. The molecule has 4 rings (SSSR count). The van der Waals surface area contributed by atoms with Crippen molar-refractivity contribution in [3.8, 4) is 0 Å². The van der Waals surface area contributed by atoms with Crippen LogP contribution in [0.3, 0.4) is 0 Å². The molecule has 27 heavy (non-hydrogen) atoms. The Morgan fingerprint density at radius 2 is 1.89 bits per heavy atom. The van der Waals surface area contributed by atoms with Gasteiger partial charge in [-0.25, -0.2) is 0 Å². The molecular weight excluding hydrogens is 338 g/mol. The molecule has 2 bridgehead atoms. The Morgan fingerprint density at radius 1 is 1.11 bits per heavy atom. The topological polar surface area (TPSA) is 92.9 Å². The van der Waals surface area contributed by atoms with Crippen LogP contribution in [0.2, 0.25) is 0 Å². The van der Waals surface area contributed by atoms with Crippen molar-refractivity contribution in [1.82, 2.24) is 15.5 Å². The van der Waals surface area contributed by atoms with Crippen molar-refractivity contribution < 1.29 is 4.79 Å². The Bertz CT molecular complexity index is 792. The molecule has 0 saturated heterocycles. The first-order chi connectivity index (χ1) is 13.1. The molecule has 6 nitrogen and oxygen atoms in total. The highest BCUT2D eigenvalue weighted by molar-refractivity contribution is 5.95. The molecule has 142 valence electrons. The number of nitrogens with one attached hydrogen (secondary N) is 2. The highest BCUT2D eigenvalue weighted by Crippen LogP contribution is 2.39. The van der Waals surface area contributed by atoms with E-state index >= 15 is 0 Å². The Kier molecular flexibility index (Phi) is 5.07. The molecule has 6 heteroatoms. The van der Waals surface area contributed by atoms with Crippen molar-refractivity contribution in [3.63, 3.8) is 0 Å². The Balaban J connectivity index is 1.45. The summed E-state index contributed by atoms with van der Waals surface area (Å²) in [5.74, 6) is 1.68. The summed E-state index contributed by atoms with van der Waals surface area (Å²) in [6.45, 7) is 1.90. The van der Waals surface area contributed by atoms with Crippen LogP contribution in [0.1, 0.15) is 48.2 Å². The lowest BCUT2D eigenvalue weighted by atomic mass is 9.67. The number of aromatic nitrogens is 2. The first kappa shape index (κ1) is 17.9. The number of hydrogen-bond acceptors (Lipinski definition) is 5. The van der Waals surface area contributed by atoms with Crippen LogP contribution in [-0.4, -0.2) is 28.2 Å². The number of aryl methyl sites for hydroxylation is 1. The third kappa shape index (κ3) is 4.11. The lowest BCUT2D eigenvalue weighted by molar-refractivity contribution is 0.0756. The highest BCUT2D eigenvalue weighted by atomic mass is 16.1. The van der Waals surface area contributed by atoms with Gasteiger partial charge in [-0.2, -0.15) is 5.10 Å². The van der Waals surface area contributed by atoms with Gasteiger partial charge < -0.3 is 16.4 Å². The van der Waals surface area contributed by atoms with Gasteiger partial charge in [-0.15, -0.1) is 5.10 Å². The molecule has 0 aliphatic heterocycles. The number of benzene rings is 1. The predicted molar refractivity (Wildman–Crippen MR) is 106 cm³/mol. The van der Waals surface area contributed by atoms with Gasteiger partial charge in [0.2, 0.25) is 0 Å². The summed E-state index contributed by atoms with van der Waals surface area (Å²) in [6, 6.07) is 11.8. The predicted octanol–water partition coefficient (Wildman–Crippen LogP) is 3.16. The molecule has 1 aromatic heterocycles. The third-order valence-electron chi connectivity index (χ3n) is 5.87. The van der Waals surface area contributed by atoms with Crippen molar-refractivity contribution in [3.05, 3.63) is 47.7 Å². The molecule has 2 saturated carbocycles. The number of nitrogens with zero attached hydrogens (tertiary/aromatic N) is 2. The van der Waals surface area contributed by atoms with Crippen molar-refractivity contribution >= 4 is 17.4 Å². The summed E-state index contributed by atoms with van der Waals surface area (Å²) in [5.41, 5.74) is 8.55. The summed E-state index contributed by atoms with van der Waals surface area (Å²) in [7, 11) is 0. The number of carbonyl (C=O) groups is 1. The van der Waals surface area contributed by atoms with Crippen molar-refractivity contribution in [2.45, 2.75) is 51.1 Å². The first-order valence-electron chi connectivity index (χ1n) is 9.82. The van der Waals surface area contributed by atoms with E-state index in [0.717, 1.165) is 24.2 Å². The second-order valence-corrected chi connectivity index (χ2v) is 7.95. The third-order valence-corrected chi connectivity index (χ3v) is 5.87. The van der Waals surface area contributed by atoms with Gasteiger partial charge in [0.15, 0.2) is 5.82 Å². The molecule has 2 aliphatic carbocycles. The van der Waals surface area contributed by atoms with Crippen LogP contribution >= 0.6 is 0 Å². The minimum Gasteiger partial charge on any atom is -0.349 e.